The maximum atomic E-state index is 4.58. The molecule has 17 heavy (non-hydrogen) atoms. The minimum atomic E-state index is 0.483. The van der Waals surface area contributed by atoms with E-state index in [1.54, 1.807) is 0 Å². The van der Waals surface area contributed by atoms with Crippen LogP contribution in [0.15, 0.2) is 6.33 Å². The van der Waals surface area contributed by atoms with Gasteiger partial charge in [0.05, 0.1) is 12.6 Å². The van der Waals surface area contributed by atoms with Gasteiger partial charge in [0.25, 0.3) is 0 Å². The van der Waals surface area contributed by atoms with E-state index in [2.05, 4.69) is 40.9 Å². The first-order valence-corrected chi connectivity index (χ1v) is 6.78. The summed E-state index contributed by atoms with van der Waals surface area (Å²) in [7, 11) is 0. The molecule has 0 spiro atoms. The lowest BCUT2D eigenvalue weighted by molar-refractivity contribution is 0.265. The summed E-state index contributed by atoms with van der Waals surface area (Å²) in [5, 5.41) is 7.93. The van der Waals surface area contributed by atoms with Crippen molar-refractivity contribution in [1.29, 1.82) is 0 Å². The molecule has 1 aliphatic carbocycles. The van der Waals surface area contributed by atoms with Crippen molar-refractivity contribution in [2.45, 2.75) is 65.1 Å². The molecular weight excluding hydrogens is 212 g/mol. The summed E-state index contributed by atoms with van der Waals surface area (Å²) in [6.07, 6.45) is 7.10. The molecule has 2 unspecified atom stereocenters. The van der Waals surface area contributed by atoms with Crippen molar-refractivity contribution in [2.75, 3.05) is 0 Å². The average molecular weight is 236 g/mol. The van der Waals surface area contributed by atoms with Gasteiger partial charge in [-0.2, -0.15) is 5.10 Å². The molecule has 1 heterocycles. The number of nitrogens with one attached hydrogen (secondary N) is 1. The van der Waals surface area contributed by atoms with E-state index in [9.17, 15) is 0 Å². The first kappa shape index (κ1) is 12.6. The van der Waals surface area contributed by atoms with E-state index >= 15 is 0 Å². The third-order valence-electron chi connectivity index (χ3n) is 3.51. The molecule has 2 rings (SSSR count). The molecule has 0 bridgehead atoms. The molecule has 4 nitrogen and oxygen atoms in total. The maximum Gasteiger partial charge on any atom is 0.164 e. The van der Waals surface area contributed by atoms with Gasteiger partial charge in [-0.25, -0.2) is 9.67 Å². The van der Waals surface area contributed by atoms with Gasteiger partial charge in [-0.05, 0) is 18.8 Å². The molecule has 0 aromatic carbocycles. The molecule has 1 aromatic rings. The third kappa shape index (κ3) is 3.53. The van der Waals surface area contributed by atoms with Crippen LogP contribution in [-0.4, -0.2) is 20.8 Å². The minimum absolute atomic E-state index is 0.483. The molecule has 96 valence electrons. The van der Waals surface area contributed by atoms with Crippen molar-refractivity contribution in [3.63, 3.8) is 0 Å². The SMILES string of the molecule is CC1CCCC(n2cnc(CNC(C)C)n2)C1. The molecule has 0 saturated heterocycles. The van der Waals surface area contributed by atoms with Crippen LogP contribution in [0, 0.1) is 5.92 Å². The lowest BCUT2D eigenvalue weighted by atomic mass is 9.87. The van der Waals surface area contributed by atoms with Gasteiger partial charge in [0.2, 0.25) is 0 Å². The maximum absolute atomic E-state index is 4.58. The highest BCUT2D eigenvalue weighted by atomic mass is 15.3. The van der Waals surface area contributed by atoms with Crippen LogP contribution < -0.4 is 5.32 Å². The first-order chi connectivity index (χ1) is 8.15. The largest absolute Gasteiger partial charge is 0.308 e. The van der Waals surface area contributed by atoms with Gasteiger partial charge in [-0.3, -0.25) is 0 Å². The molecule has 1 aromatic heterocycles. The van der Waals surface area contributed by atoms with E-state index in [-0.39, 0.29) is 0 Å². The Morgan fingerprint density at radius 3 is 3.00 bits per heavy atom. The normalized spacial score (nSPS) is 25.4. The molecule has 1 saturated carbocycles. The predicted molar refractivity (Wildman–Crippen MR) is 68.7 cm³/mol. The van der Waals surface area contributed by atoms with Crippen LogP contribution in [0.2, 0.25) is 0 Å². The van der Waals surface area contributed by atoms with E-state index in [1.807, 2.05) is 6.33 Å². The van der Waals surface area contributed by atoms with Crippen LogP contribution >= 0.6 is 0 Å². The van der Waals surface area contributed by atoms with Crippen molar-refractivity contribution in [3.05, 3.63) is 12.2 Å². The van der Waals surface area contributed by atoms with E-state index in [1.165, 1.54) is 25.7 Å². The molecule has 1 N–H and O–H groups in total. The quantitative estimate of drug-likeness (QED) is 0.873. The molecule has 0 aliphatic heterocycles. The predicted octanol–water partition coefficient (Wildman–Crippen LogP) is 2.53. The molecule has 4 heteroatoms. The number of aromatic nitrogens is 3. The molecule has 0 radical (unpaired) electrons. The Morgan fingerprint density at radius 2 is 2.29 bits per heavy atom. The number of hydrogen-bond donors (Lipinski definition) is 1. The topological polar surface area (TPSA) is 42.7 Å². The van der Waals surface area contributed by atoms with Gasteiger partial charge in [0.15, 0.2) is 5.82 Å². The van der Waals surface area contributed by atoms with Crippen LogP contribution in [0.4, 0.5) is 0 Å². The van der Waals surface area contributed by atoms with Crippen LogP contribution in [-0.2, 0) is 6.54 Å². The van der Waals surface area contributed by atoms with Crippen molar-refractivity contribution >= 4 is 0 Å². The number of hydrogen-bond acceptors (Lipinski definition) is 3. The summed E-state index contributed by atoms with van der Waals surface area (Å²) >= 11 is 0. The third-order valence-corrected chi connectivity index (χ3v) is 3.51. The Bertz CT molecular complexity index is 345. The first-order valence-electron chi connectivity index (χ1n) is 6.78. The zero-order valence-electron chi connectivity index (χ0n) is 11.2. The fourth-order valence-corrected chi connectivity index (χ4v) is 2.51. The van der Waals surface area contributed by atoms with Gasteiger partial charge in [-0.15, -0.1) is 0 Å². The highest BCUT2D eigenvalue weighted by molar-refractivity contribution is 4.85. The fourth-order valence-electron chi connectivity index (χ4n) is 2.51. The molecular formula is C13H24N4. The van der Waals surface area contributed by atoms with Gasteiger partial charge < -0.3 is 5.32 Å². The molecule has 1 fully saturated rings. The zero-order chi connectivity index (χ0) is 12.3. The second-order valence-corrected chi connectivity index (χ2v) is 5.60. The Morgan fingerprint density at radius 1 is 1.47 bits per heavy atom. The summed E-state index contributed by atoms with van der Waals surface area (Å²) in [6, 6.07) is 1.05. The van der Waals surface area contributed by atoms with Crippen molar-refractivity contribution < 1.29 is 0 Å². The Labute approximate surface area is 104 Å². The fraction of sp³-hybridized carbons (Fsp3) is 0.846. The monoisotopic (exact) mass is 236 g/mol. The van der Waals surface area contributed by atoms with Gasteiger partial charge >= 0.3 is 0 Å². The summed E-state index contributed by atoms with van der Waals surface area (Å²) in [6.45, 7) is 7.39. The average Bonchev–Trinajstić information content (AvgIpc) is 2.75. The Kier molecular flexibility index (Phi) is 4.15. The zero-order valence-corrected chi connectivity index (χ0v) is 11.2. The molecule has 0 amide bonds. The molecule has 1 aliphatic rings. The summed E-state index contributed by atoms with van der Waals surface area (Å²) in [5.74, 6) is 1.74. The van der Waals surface area contributed by atoms with Gasteiger partial charge in [0, 0.05) is 6.04 Å². The van der Waals surface area contributed by atoms with Crippen molar-refractivity contribution in [3.8, 4) is 0 Å². The van der Waals surface area contributed by atoms with E-state index in [4.69, 9.17) is 0 Å². The lowest BCUT2D eigenvalue weighted by Crippen LogP contribution is -2.23. The summed E-state index contributed by atoms with van der Waals surface area (Å²) < 4.78 is 2.08. The smallest absolute Gasteiger partial charge is 0.164 e. The van der Waals surface area contributed by atoms with Crippen molar-refractivity contribution in [1.82, 2.24) is 20.1 Å². The highest BCUT2D eigenvalue weighted by Crippen LogP contribution is 2.31. The summed E-state index contributed by atoms with van der Waals surface area (Å²) in [4.78, 5) is 4.38. The highest BCUT2D eigenvalue weighted by Gasteiger charge is 2.21. The lowest BCUT2D eigenvalue weighted by Gasteiger charge is -2.26. The van der Waals surface area contributed by atoms with Crippen LogP contribution in [0.1, 0.15) is 58.3 Å². The van der Waals surface area contributed by atoms with Crippen molar-refractivity contribution in [2.24, 2.45) is 5.92 Å². The van der Waals surface area contributed by atoms with Gasteiger partial charge in [-0.1, -0.05) is 33.6 Å². The number of nitrogens with zero attached hydrogens (tertiary/aromatic N) is 3. The van der Waals surface area contributed by atoms with Crippen LogP contribution in [0.25, 0.3) is 0 Å². The standard InChI is InChI=1S/C13H24N4/c1-10(2)14-8-13-15-9-17(16-13)12-6-4-5-11(3)7-12/h9-12,14H,4-8H2,1-3H3. The Hall–Kier alpha value is -0.900. The van der Waals surface area contributed by atoms with E-state index in [0.717, 1.165) is 18.3 Å². The Balaban J connectivity index is 1.92. The summed E-state index contributed by atoms with van der Waals surface area (Å²) in [5.41, 5.74) is 0. The van der Waals surface area contributed by atoms with Crippen LogP contribution in [0.3, 0.4) is 0 Å². The van der Waals surface area contributed by atoms with E-state index < -0.39 is 0 Å². The molecule has 2 atom stereocenters. The van der Waals surface area contributed by atoms with E-state index in [0.29, 0.717) is 12.1 Å². The minimum Gasteiger partial charge on any atom is -0.308 e. The number of rotatable bonds is 4. The second kappa shape index (κ2) is 5.63. The van der Waals surface area contributed by atoms with Gasteiger partial charge in [0.1, 0.15) is 6.33 Å². The van der Waals surface area contributed by atoms with Crippen LogP contribution in [0.5, 0.6) is 0 Å². The second-order valence-electron chi connectivity index (χ2n) is 5.60.